The number of nitrogens with zero attached hydrogens (tertiary/aromatic N) is 1. The van der Waals surface area contributed by atoms with Crippen molar-refractivity contribution in [2.24, 2.45) is 0 Å². The first-order valence-electron chi connectivity index (χ1n) is 6.65. The predicted molar refractivity (Wildman–Crippen MR) is 75.3 cm³/mol. The summed E-state index contributed by atoms with van der Waals surface area (Å²) in [6, 6.07) is 12.3. The van der Waals surface area contributed by atoms with Crippen LogP contribution in [0.1, 0.15) is 37.2 Å². The van der Waals surface area contributed by atoms with Gasteiger partial charge in [0.15, 0.2) is 0 Å². The molecule has 1 saturated carbocycles. The molecule has 2 heteroatoms. The molecule has 0 radical (unpaired) electrons. The van der Waals surface area contributed by atoms with Crippen molar-refractivity contribution in [2.45, 2.75) is 31.6 Å². The van der Waals surface area contributed by atoms with Crippen LogP contribution in [-0.2, 0) is 0 Å². The zero-order valence-corrected chi connectivity index (χ0v) is 10.5. The van der Waals surface area contributed by atoms with Gasteiger partial charge >= 0.3 is 0 Å². The van der Waals surface area contributed by atoms with Crippen molar-refractivity contribution >= 4 is 5.69 Å². The molecule has 92 valence electrons. The Morgan fingerprint density at radius 1 is 1.06 bits per heavy atom. The first-order valence-corrected chi connectivity index (χ1v) is 6.65. The predicted octanol–water partition coefficient (Wildman–Crippen LogP) is 3.99. The third-order valence-corrected chi connectivity index (χ3v) is 3.81. The summed E-state index contributed by atoms with van der Waals surface area (Å²) in [6.45, 7) is 0. The molecule has 0 aliphatic heterocycles. The molecule has 0 unspecified atom stereocenters. The normalized spacial score (nSPS) is 16.0. The van der Waals surface area contributed by atoms with Crippen molar-refractivity contribution in [1.82, 2.24) is 4.98 Å². The molecule has 1 aromatic carbocycles. The van der Waals surface area contributed by atoms with Crippen molar-refractivity contribution in [3.05, 3.63) is 48.2 Å². The average molecular weight is 238 g/mol. The molecule has 0 atom stereocenters. The molecule has 0 saturated heterocycles. The largest absolute Gasteiger partial charge is 0.397 e. The minimum atomic E-state index is 0.671. The molecule has 1 aliphatic carbocycles. The third-order valence-electron chi connectivity index (χ3n) is 3.81. The minimum Gasteiger partial charge on any atom is -0.397 e. The third kappa shape index (κ3) is 2.10. The van der Waals surface area contributed by atoms with Crippen LogP contribution in [0.15, 0.2) is 42.6 Å². The van der Waals surface area contributed by atoms with Crippen molar-refractivity contribution in [3.63, 3.8) is 0 Å². The summed E-state index contributed by atoms with van der Waals surface area (Å²) in [6.07, 6.45) is 7.25. The zero-order valence-electron chi connectivity index (χ0n) is 10.5. The minimum absolute atomic E-state index is 0.671. The van der Waals surface area contributed by atoms with E-state index in [9.17, 15) is 0 Å². The van der Waals surface area contributed by atoms with Gasteiger partial charge in [-0.1, -0.05) is 43.2 Å². The Balaban J connectivity index is 1.94. The first-order chi connectivity index (χ1) is 8.84. The summed E-state index contributed by atoms with van der Waals surface area (Å²) in [7, 11) is 0. The fourth-order valence-electron chi connectivity index (χ4n) is 2.82. The highest BCUT2D eigenvalue weighted by molar-refractivity contribution is 5.72. The van der Waals surface area contributed by atoms with Gasteiger partial charge in [0.2, 0.25) is 0 Å². The maximum absolute atomic E-state index is 6.16. The van der Waals surface area contributed by atoms with Gasteiger partial charge in [0.05, 0.1) is 11.4 Å². The molecule has 1 aromatic heterocycles. The van der Waals surface area contributed by atoms with Crippen LogP contribution in [0.5, 0.6) is 0 Å². The van der Waals surface area contributed by atoms with Gasteiger partial charge in [0, 0.05) is 11.8 Å². The second-order valence-electron chi connectivity index (χ2n) is 5.05. The fraction of sp³-hybridized carbons (Fsp3) is 0.312. The van der Waals surface area contributed by atoms with Crippen molar-refractivity contribution in [3.8, 4) is 11.3 Å². The van der Waals surface area contributed by atoms with Gasteiger partial charge in [-0.2, -0.15) is 0 Å². The highest BCUT2D eigenvalue weighted by Crippen LogP contribution is 2.35. The lowest BCUT2D eigenvalue weighted by molar-refractivity contribution is 0.720. The molecule has 2 nitrogen and oxygen atoms in total. The van der Waals surface area contributed by atoms with Crippen molar-refractivity contribution in [2.75, 3.05) is 5.73 Å². The Morgan fingerprint density at radius 2 is 1.78 bits per heavy atom. The summed E-state index contributed by atoms with van der Waals surface area (Å²) in [5.74, 6) is 0.671. The van der Waals surface area contributed by atoms with E-state index in [0.29, 0.717) is 5.92 Å². The van der Waals surface area contributed by atoms with E-state index >= 15 is 0 Å². The standard InChI is InChI=1S/C16H18N2/c17-15-10-14(12-6-4-5-7-12)11-18-16(15)13-8-2-1-3-9-13/h1-3,8-12H,4-7,17H2. The smallest absolute Gasteiger partial charge is 0.0931 e. The molecular weight excluding hydrogens is 220 g/mol. The molecular formula is C16H18N2. The lowest BCUT2D eigenvalue weighted by atomic mass is 9.98. The Kier molecular flexibility index (Phi) is 3.01. The van der Waals surface area contributed by atoms with Crippen LogP contribution in [-0.4, -0.2) is 4.98 Å². The summed E-state index contributed by atoms with van der Waals surface area (Å²) < 4.78 is 0. The monoisotopic (exact) mass is 238 g/mol. The maximum Gasteiger partial charge on any atom is 0.0931 e. The lowest BCUT2D eigenvalue weighted by Crippen LogP contribution is -1.99. The Hall–Kier alpha value is -1.83. The quantitative estimate of drug-likeness (QED) is 0.859. The second kappa shape index (κ2) is 4.81. The van der Waals surface area contributed by atoms with Crippen LogP contribution >= 0.6 is 0 Å². The molecule has 2 N–H and O–H groups in total. The Labute approximate surface area is 108 Å². The molecule has 1 fully saturated rings. The van der Waals surface area contributed by atoms with Crippen LogP contribution in [0, 0.1) is 0 Å². The van der Waals surface area contributed by atoms with Crippen LogP contribution in [0.4, 0.5) is 5.69 Å². The number of rotatable bonds is 2. The number of pyridine rings is 1. The molecule has 0 amide bonds. The highest BCUT2D eigenvalue weighted by Gasteiger charge is 2.18. The van der Waals surface area contributed by atoms with E-state index in [-0.39, 0.29) is 0 Å². The SMILES string of the molecule is Nc1cc(C2CCCC2)cnc1-c1ccccc1. The van der Waals surface area contributed by atoms with Gasteiger partial charge in [-0.15, -0.1) is 0 Å². The summed E-state index contributed by atoms with van der Waals surface area (Å²) >= 11 is 0. The van der Waals surface area contributed by atoms with E-state index in [1.54, 1.807) is 0 Å². The number of hydrogen-bond acceptors (Lipinski definition) is 2. The van der Waals surface area contributed by atoms with E-state index in [4.69, 9.17) is 5.73 Å². The second-order valence-corrected chi connectivity index (χ2v) is 5.05. The number of nitrogen functional groups attached to an aromatic ring is 1. The van der Waals surface area contributed by atoms with Crippen molar-refractivity contribution < 1.29 is 0 Å². The van der Waals surface area contributed by atoms with Gasteiger partial charge in [0.25, 0.3) is 0 Å². The molecule has 18 heavy (non-hydrogen) atoms. The fourth-order valence-corrected chi connectivity index (χ4v) is 2.82. The van der Waals surface area contributed by atoms with Crippen LogP contribution in [0.3, 0.4) is 0 Å². The zero-order chi connectivity index (χ0) is 12.4. The topological polar surface area (TPSA) is 38.9 Å². The van der Waals surface area contributed by atoms with Crippen LogP contribution in [0.2, 0.25) is 0 Å². The highest BCUT2D eigenvalue weighted by atomic mass is 14.7. The number of hydrogen-bond donors (Lipinski definition) is 1. The van der Waals surface area contributed by atoms with E-state index in [1.165, 1.54) is 31.2 Å². The maximum atomic E-state index is 6.16. The summed E-state index contributed by atoms with van der Waals surface area (Å²) in [4.78, 5) is 4.57. The number of nitrogens with two attached hydrogens (primary N) is 1. The molecule has 1 aliphatic rings. The number of aromatic nitrogens is 1. The van der Waals surface area contributed by atoms with Gasteiger partial charge in [-0.3, -0.25) is 4.98 Å². The first kappa shape index (κ1) is 11.3. The van der Waals surface area contributed by atoms with Crippen molar-refractivity contribution in [1.29, 1.82) is 0 Å². The number of anilines is 1. The number of benzene rings is 1. The van der Waals surface area contributed by atoms with Crippen LogP contribution < -0.4 is 5.73 Å². The van der Waals surface area contributed by atoms with Gasteiger partial charge in [-0.05, 0) is 30.4 Å². The molecule has 3 rings (SSSR count). The lowest BCUT2D eigenvalue weighted by Gasteiger charge is -2.12. The Morgan fingerprint density at radius 3 is 2.44 bits per heavy atom. The van der Waals surface area contributed by atoms with E-state index < -0.39 is 0 Å². The molecule has 0 bridgehead atoms. The van der Waals surface area contributed by atoms with E-state index in [2.05, 4.69) is 11.1 Å². The average Bonchev–Trinajstić information content (AvgIpc) is 2.93. The Bertz CT molecular complexity index is 528. The molecule has 2 aromatic rings. The molecule has 1 heterocycles. The summed E-state index contributed by atoms with van der Waals surface area (Å²) in [5, 5.41) is 0. The van der Waals surface area contributed by atoms with Crippen LogP contribution in [0.25, 0.3) is 11.3 Å². The van der Waals surface area contributed by atoms with E-state index in [1.807, 2.05) is 36.5 Å². The van der Waals surface area contributed by atoms with Gasteiger partial charge in [0.1, 0.15) is 0 Å². The van der Waals surface area contributed by atoms with E-state index in [0.717, 1.165) is 16.9 Å². The summed E-state index contributed by atoms with van der Waals surface area (Å²) in [5.41, 5.74) is 10.3. The van der Waals surface area contributed by atoms with Gasteiger partial charge in [-0.25, -0.2) is 0 Å². The van der Waals surface area contributed by atoms with Gasteiger partial charge < -0.3 is 5.73 Å². The molecule has 0 spiro atoms.